The molecule has 1 saturated heterocycles. The van der Waals surface area contributed by atoms with Crippen molar-refractivity contribution in [3.8, 4) is 5.75 Å². The Labute approximate surface area is 144 Å². The van der Waals surface area contributed by atoms with Gasteiger partial charge in [-0.05, 0) is 29.3 Å². The van der Waals surface area contributed by atoms with Crippen molar-refractivity contribution >= 4 is 32.5 Å². The van der Waals surface area contributed by atoms with Crippen LogP contribution in [-0.2, 0) is 14.6 Å². The first-order valence-electron chi connectivity index (χ1n) is 7.73. The van der Waals surface area contributed by atoms with Crippen molar-refractivity contribution in [3.63, 3.8) is 0 Å². The minimum atomic E-state index is -3.08. The first-order valence-corrected chi connectivity index (χ1v) is 9.55. The molecule has 25 heavy (non-hydrogen) atoms. The van der Waals surface area contributed by atoms with Crippen LogP contribution in [0.1, 0.15) is 16.8 Å². The van der Waals surface area contributed by atoms with Gasteiger partial charge in [0.05, 0.1) is 11.5 Å². The molecule has 8 heteroatoms. The monoisotopic (exact) mass is 363 g/mol. The van der Waals surface area contributed by atoms with E-state index in [9.17, 15) is 23.1 Å². The van der Waals surface area contributed by atoms with Crippen LogP contribution < -0.4 is 10.1 Å². The van der Waals surface area contributed by atoms with Gasteiger partial charge in [-0.3, -0.25) is 4.79 Å². The molecular weight excluding hydrogens is 346 g/mol. The Kier molecular flexibility index (Phi) is 4.63. The lowest BCUT2D eigenvalue weighted by Gasteiger charge is -2.13. The summed E-state index contributed by atoms with van der Waals surface area (Å²) in [5, 5.41) is 13.5. The highest BCUT2D eigenvalue weighted by atomic mass is 32.2. The fourth-order valence-corrected chi connectivity index (χ4v) is 4.50. The molecule has 0 spiro atoms. The molecule has 1 unspecified atom stereocenters. The highest BCUT2D eigenvalue weighted by molar-refractivity contribution is 7.91. The van der Waals surface area contributed by atoms with Crippen molar-refractivity contribution in [2.75, 3.05) is 18.1 Å². The number of carboxylic acid groups (broad SMARTS) is 1. The van der Waals surface area contributed by atoms with Crippen LogP contribution >= 0.6 is 0 Å². The average molecular weight is 363 g/mol. The molecule has 0 aromatic heterocycles. The molecule has 0 radical (unpaired) electrons. The number of carboxylic acids is 1. The number of fused-ring (bicyclic) bond motifs is 1. The summed E-state index contributed by atoms with van der Waals surface area (Å²) in [7, 11) is -3.08. The molecule has 2 aromatic carbocycles. The zero-order valence-corrected chi connectivity index (χ0v) is 14.1. The van der Waals surface area contributed by atoms with Gasteiger partial charge in [-0.25, -0.2) is 13.2 Å². The first kappa shape index (κ1) is 17.2. The average Bonchev–Trinajstić information content (AvgIpc) is 2.90. The first-order chi connectivity index (χ1) is 11.8. The number of carbonyl (C=O) groups is 2. The number of aromatic carboxylic acids is 1. The zero-order chi connectivity index (χ0) is 18.0. The molecule has 0 bridgehead atoms. The predicted octanol–water partition coefficient (Wildman–Crippen LogP) is 1.22. The quantitative estimate of drug-likeness (QED) is 0.827. The van der Waals surface area contributed by atoms with Gasteiger partial charge in [0, 0.05) is 6.04 Å². The summed E-state index contributed by atoms with van der Waals surface area (Å²) in [5.74, 6) is -1.54. The van der Waals surface area contributed by atoms with Crippen LogP contribution in [0.15, 0.2) is 36.4 Å². The van der Waals surface area contributed by atoms with Gasteiger partial charge in [-0.1, -0.05) is 24.3 Å². The molecule has 3 rings (SSSR count). The van der Waals surface area contributed by atoms with Crippen molar-refractivity contribution in [2.24, 2.45) is 0 Å². The van der Waals surface area contributed by atoms with E-state index >= 15 is 0 Å². The standard InChI is InChI=1S/C17H17NO6S/c19-16(18-13-5-6-25(22,23)10-13)9-24-15-8-12-4-2-1-3-11(12)7-14(15)17(20)21/h1-4,7-8,13H,5-6,9-10H2,(H,18,19)(H,20,21). The van der Waals surface area contributed by atoms with Crippen molar-refractivity contribution in [1.82, 2.24) is 5.32 Å². The number of hydrogen-bond donors (Lipinski definition) is 2. The maximum Gasteiger partial charge on any atom is 0.339 e. The predicted molar refractivity (Wildman–Crippen MR) is 91.6 cm³/mol. The van der Waals surface area contributed by atoms with Crippen LogP contribution in [-0.4, -0.2) is 49.6 Å². The summed E-state index contributed by atoms with van der Waals surface area (Å²) in [6.45, 7) is -0.380. The summed E-state index contributed by atoms with van der Waals surface area (Å²) < 4.78 is 28.2. The second-order valence-electron chi connectivity index (χ2n) is 5.96. The SMILES string of the molecule is O=C(COc1cc2ccccc2cc1C(=O)O)NC1CCS(=O)(=O)C1. The Bertz CT molecular complexity index is 937. The maximum atomic E-state index is 11.9. The molecule has 132 valence electrons. The van der Waals surface area contributed by atoms with Gasteiger partial charge in [0.15, 0.2) is 16.4 Å². The van der Waals surface area contributed by atoms with Gasteiger partial charge in [0.25, 0.3) is 5.91 Å². The van der Waals surface area contributed by atoms with Crippen molar-refractivity contribution in [2.45, 2.75) is 12.5 Å². The number of sulfone groups is 1. The summed E-state index contributed by atoms with van der Waals surface area (Å²) in [5.41, 5.74) is -0.0325. The van der Waals surface area contributed by atoms with E-state index in [4.69, 9.17) is 4.74 Å². The number of carbonyl (C=O) groups excluding carboxylic acids is 1. The molecule has 1 aliphatic heterocycles. The van der Waals surface area contributed by atoms with Crippen LogP contribution in [0.2, 0.25) is 0 Å². The number of benzene rings is 2. The minimum absolute atomic E-state index is 0.0325. The second-order valence-corrected chi connectivity index (χ2v) is 8.19. The third-order valence-corrected chi connectivity index (χ3v) is 5.80. The smallest absolute Gasteiger partial charge is 0.339 e. The van der Waals surface area contributed by atoms with E-state index < -0.39 is 27.8 Å². The van der Waals surface area contributed by atoms with Crippen LogP contribution in [0.4, 0.5) is 0 Å². The molecule has 1 aliphatic rings. The molecule has 2 aromatic rings. The number of hydrogen-bond acceptors (Lipinski definition) is 5. The maximum absolute atomic E-state index is 11.9. The van der Waals surface area contributed by atoms with Crippen molar-refractivity contribution in [1.29, 1.82) is 0 Å². The zero-order valence-electron chi connectivity index (χ0n) is 13.3. The molecule has 7 nitrogen and oxygen atoms in total. The van der Waals surface area contributed by atoms with E-state index in [0.29, 0.717) is 6.42 Å². The molecule has 0 saturated carbocycles. The molecule has 1 heterocycles. The lowest BCUT2D eigenvalue weighted by Crippen LogP contribution is -2.38. The fourth-order valence-electron chi connectivity index (χ4n) is 2.83. The third-order valence-electron chi connectivity index (χ3n) is 4.03. The third kappa shape index (κ3) is 4.08. The van der Waals surface area contributed by atoms with E-state index in [0.717, 1.165) is 10.8 Å². The van der Waals surface area contributed by atoms with E-state index in [2.05, 4.69) is 5.32 Å². The van der Waals surface area contributed by atoms with Gasteiger partial charge in [-0.2, -0.15) is 0 Å². The summed E-state index contributed by atoms with van der Waals surface area (Å²) >= 11 is 0. The largest absolute Gasteiger partial charge is 0.483 e. The Morgan fingerprint density at radius 1 is 1.20 bits per heavy atom. The normalized spacial score (nSPS) is 18.8. The molecule has 2 N–H and O–H groups in total. The van der Waals surface area contributed by atoms with Gasteiger partial charge < -0.3 is 15.2 Å². The molecule has 1 fully saturated rings. The number of ether oxygens (including phenoxy) is 1. The molecule has 1 amide bonds. The highest BCUT2D eigenvalue weighted by Gasteiger charge is 2.29. The van der Waals surface area contributed by atoms with Gasteiger partial charge >= 0.3 is 5.97 Å². The van der Waals surface area contributed by atoms with Crippen LogP contribution in [0, 0.1) is 0 Å². The summed E-state index contributed by atoms with van der Waals surface area (Å²) in [6, 6.07) is 9.88. The Morgan fingerprint density at radius 2 is 1.88 bits per heavy atom. The van der Waals surface area contributed by atoms with Gasteiger partial charge in [-0.15, -0.1) is 0 Å². The lowest BCUT2D eigenvalue weighted by atomic mass is 10.1. The summed E-state index contributed by atoms with van der Waals surface area (Å²) in [6.07, 6.45) is 0.379. The number of amides is 1. The summed E-state index contributed by atoms with van der Waals surface area (Å²) in [4.78, 5) is 23.4. The Morgan fingerprint density at radius 3 is 2.48 bits per heavy atom. The van der Waals surface area contributed by atoms with Crippen LogP contribution in [0.5, 0.6) is 5.75 Å². The fraction of sp³-hybridized carbons (Fsp3) is 0.294. The second kappa shape index (κ2) is 6.72. The molecule has 1 atom stereocenters. The van der Waals surface area contributed by atoms with Crippen LogP contribution in [0.25, 0.3) is 10.8 Å². The van der Waals surface area contributed by atoms with E-state index in [1.54, 1.807) is 18.2 Å². The number of rotatable bonds is 5. The lowest BCUT2D eigenvalue weighted by molar-refractivity contribution is -0.123. The van der Waals surface area contributed by atoms with E-state index in [1.165, 1.54) is 6.07 Å². The number of nitrogens with one attached hydrogen (secondary N) is 1. The van der Waals surface area contributed by atoms with Crippen LogP contribution in [0.3, 0.4) is 0 Å². The van der Waals surface area contributed by atoms with Gasteiger partial charge in [0.1, 0.15) is 11.3 Å². The Hall–Kier alpha value is -2.61. The molecule has 0 aliphatic carbocycles. The van der Waals surface area contributed by atoms with Crippen molar-refractivity contribution < 1.29 is 27.9 Å². The Balaban J connectivity index is 1.71. The van der Waals surface area contributed by atoms with E-state index in [1.807, 2.05) is 12.1 Å². The van der Waals surface area contributed by atoms with Gasteiger partial charge in [0.2, 0.25) is 0 Å². The van der Waals surface area contributed by atoms with Crippen molar-refractivity contribution in [3.05, 3.63) is 42.0 Å². The van der Waals surface area contributed by atoms with E-state index in [-0.39, 0.29) is 29.4 Å². The molecular formula is C17H17NO6S. The topological polar surface area (TPSA) is 110 Å². The minimum Gasteiger partial charge on any atom is -0.483 e. The highest BCUT2D eigenvalue weighted by Crippen LogP contribution is 2.26.